The van der Waals surface area contributed by atoms with E-state index in [1.165, 1.54) is 27.3 Å². The minimum Gasteiger partial charge on any atom is -0.301 e. The Kier molecular flexibility index (Phi) is 4.75. The summed E-state index contributed by atoms with van der Waals surface area (Å²) in [6.45, 7) is 0.317. The van der Waals surface area contributed by atoms with Gasteiger partial charge in [0.05, 0.1) is 10.0 Å². The number of nitrogens with one attached hydrogen (secondary N) is 1. The van der Waals surface area contributed by atoms with Gasteiger partial charge in [-0.1, -0.05) is 35.9 Å². The van der Waals surface area contributed by atoms with Crippen LogP contribution in [0.1, 0.15) is 23.3 Å². The van der Waals surface area contributed by atoms with Crippen LogP contribution in [0.2, 0.25) is 4.34 Å². The molecule has 1 unspecified atom stereocenters. The summed E-state index contributed by atoms with van der Waals surface area (Å²) in [7, 11) is -3.75. The molecule has 3 heterocycles. The first-order chi connectivity index (χ1) is 13.9. The van der Waals surface area contributed by atoms with E-state index >= 15 is 0 Å². The number of fused-ring (bicyclic) bond motifs is 3. The first-order valence-electron chi connectivity index (χ1n) is 9.09. The number of carbonyl (C=O) groups excluding carboxylic acids is 1. The van der Waals surface area contributed by atoms with Gasteiger partial charge in [-0.25, -0.2) is 13.4 Å². The zero-order valence-electron chi connectivity index (χ0n) is 15.1. The van der Waals surface area contributed by atoms with Crippen LogP contribution < -0.4 is 5.32 Å². The molecule has 150 valence electrons. The molecule has 0 saturated carbocycles. The van der Waals surface area contributed by atoms with Crippen LogP contribution in [0, 0.1) is 0 Å². The molecule has 29 heavy (non-hydrogen) atoms. The third-order valence-corrected chi connectivity index (χ3v) is 9.75. The fourth-order valence-corrected chi connectivity index (χ4v) is 8.11. The molecule has 0 bridgehead atoms. The van der Waals surface area contributed by atoms with E-state index in [1.54, 1.807) is 6.07 Å². The van der Waals surface area contributed by atoms with E-state index in [9.17, 15) is 13.2 Å². The lowest BCUT2D eigenvalue weighted by Crippen LogP contribution is -2.42. The predicted octanol–water partition coefficient (Wildman–Crippen LogP) is 4.22. The van der Waals surface area contributed by atoms with Gasteiger partial charge in [0.15, 0.2) is 5.13 Å². The van der Waals surface area contributed by atoms with Crippen molar-refractivity contribution in [1.29, 1.82) is 0 Å². The summed E-state index contributed by atoms with van der Waals surface area (Å²) in [6, 6.07) is 10.4. The summed E-state index contributed by atoms with van der Waals surface area (Å²) in [5.41, 5.74) is 3.24. The summed E-state index contributed by atoms with van der Waals surface area (Å²) in [5, 5.41) is 3.35. The molecule has 10 heteroatoms. The first kappa shape index (κ1) is 19.2. The van der Waals surface area contributed by atoms with Crippen molar-refractivity contribution < 1.29 is 13.2 Å². The molecule has 1 N–H and O–H groups in total. The zero-order valence-corrected chi connectivity index (χ0v) is 18.3. The second-order valence-electron chi connectivity index (χ2n) is 6.95. The molecule has 1 aliphatic heterocycles. The third kappa shape index (κ3) is 3.30. The fraction of sp³-hybridized carbons (Fsp3) is 0.263. The highest BCUT2D eigenvalue weighted by Gasteiger charge is 2.40. The summed E-state index contributed by atoms with van der Waals surface area (Å²) in [6.07, 6.45) is 1.93. The van der Waals surface area contributed by atoms with Crippen LogP contribution in [0.3, 0.4) is 0 Å². The lowest BCUT2D eigenvalue weighted by atomic mass is 10.1. The number of thiophene rings is 1. The van der Waals surface area contributed by atoms with Crippen LogP contribution in [-0.4, -0.2) is 36.2 Å². The largest absolute Gasteiger partial charge is 0.301 e. The number of rotatable bonds is 4. The fourth-order valence-electron chi connectivity index (χ4n) is 3.84. The third-order valence-electron chi connectivity index (χ3n) is 5.17. The Labute approximate surface area is 181 Å². The van der Waals surface area contributed by atoms with E-state index in [1.807, 2.05) is 18.2 Å². The zero-order chi connectivity index (χ0) is 20.2. The Bertz CT molecular complexity index is 1220. The average molecular weight is 466 g/mol. The molecule has 1 fully saturated rings. The van der Waals surface area contributed by atoms with Crippen molar-refractivity contribution in [1.82, 2.24) is 9.29 Å². The molecule has 0 spiro atoms. The average Bonchev–Trinajstić information content (AvgIpc) is 3.44. The Morgan fingerprint density at radius 1 is 1.21 bits per heavy atom. The lowest BCUT2D eigenvalue weighted by molar-refractivity contribution is -0.119. The molecule has 1 amide bonds. The molecule has 1 atom stereocenters. The number of hydrogen-bond donors (Lipinski definition) is 1. The molecular weight excluding hydrogens is 450 g/mol. The van der Waals surface area contributed by atoms with E-state index in [0.717, 1.165) is 33.9 Å². The highest BCUT2D eigenvalue weighted by atomic mass is 35.5. The number of benzene rings is 1. The number of halogens is 1. The molecule has 1 aliphatic carbocycles. The molecule has 2 aromatic heterocycles. The highest BCUT2D eigenvalue weighted by molar-refractivity contribution is 7.91. The maximum absolute atomic E-state index is 13.0. The van der Waals surface area contributed by atoms with Gasteiger partial charge in [0.2, 0.25) is 5.91 Å². The van der Waals surface area contributed by atoms with Crippen molar-refractivity contribution in [3.8, 4) is 11.3 Å². The smallest absolute Gasteiger partial charge is 0.253 e. The van der Waals surface area contributed by atoms with E-state index < -0.39 is 16.1 Å². The van der Waals surface area contributed by atoms with Crippen LogP contribution in [0.15, 0.2) is 40.6 Å². The molecule has 5 rings (SSSR count). The summed E-state index contributed by atoms with van der Waals surface area (Å²) in [4.78, 5) is 18.6. The number of sulfonamides is 1. The van der Waals surface area contributed by atoms with Crippen molar-refractivity contribution in [2.45, 2.75) is 29.5 Å². The number of thiazole rings is 1. The van der Waals surface area contributed by atoms with Crippen LogP contribution in [0.4, 0.5) is 5.13 Å². The normalized spacial score (nSPS) is 18.6. The quantitative estimate of drug-likeness (QED) is 0.489. The standard InChI is InChI=1S/C19H16ClN3O3S3/c20-15-7-8-16(28-15)29(25,26)23-9-3-6-13(23)18(24)22-19-21-17-12-5-2-1-4-11(12)10-14(17)27-19/h1-2,4-5,7-8,13H,3,6,9-10H2,(H,21,22,24). The SMILES string of the molecule is O=C(Nc1nc2c(s1)Cc1ccccc1-2)C1CCCN1S(=O)(=O)c1ccc(Cl)s1. The van der Waals surface area contributed by atoms with Gasteiger partial charge in [0, 0.05) is 23.4 Å². The van der Waals surface area contributed by atoms with Crippen LogP contribution in [-0.2, 0) is 21.2 Å². The Morgan fingerprint density at radius 2 is 2.03 bits per heavy atom. The van der Waals surface area contributed by atoms with E-state index in [0.29, 0.717) is 28.9 Å². The van der Waals surface area contributed by atoms with Crippen molar-refractivity contribution >= 4 is 55.3 Å². The van der Waals surface area contributed by atoms with Gasteiger partial charge >= 0.3 is 0 Å². The van der Waals surface area contributed by atoms with Gasteiger partial charge in [-0.15, -0.1) is 22.7 Å². The highest BCUT2D eigenvalue weighted by Crippen LogP contribution is 2.41. The van der Waals surface area contributed by atoms with Gasteiger partial charge in [0.25, 0.3) is 10.0 Å². The van der Waals surface area contributed by atoms with Crippen molar-refractivity contribution in [3.05, 3.63) is 51.2 Å². The van der Waals surface area contributed by atoms with Gasteiger partial charge in [-0.2, -0.15) is 4.31 Å². The second kappa shape index (κ2) is 7.17. The molecule has 3 aromatic rings. The molecule has 1 aromatic carbocycles. The molecule has 1 saturated heterocycles. The van der Waals surface area contributed by atoms with Crippen molar-refractivity contribution in [3.63, 3.8) is 0 Å². The van der Waals surface area contributed by atoms with Crippen LogP contribution in [0.5, 0.6) is 0 Å². The van der Waals surface area contributed by atoms with E-state index in [4.69, 9.17) is 11.6 Å². The van der Waals surface area contributed by atoms with Gasteiger partial charge in [-0.3, -0.25) is 4.79 Å². The number of hydrogen-bond acceptors (Lipinski definition) is 6. The number of anilines is 1. The summed E-state index contributed by atoms with van der Waals surface area (Å²) < 4.78 is 27.7. The Hall–Kier alpha value is -1.78. The monoisotopic (exact) mass is 465 g/mol. The second-order valence-corrected chi connectivity index (χ2v) is 11.9. The number of aromatic nitrogens is 1. The number of amides is 1. The van der Waals surface area contributed by atoms with E-state index in [-0.39, 0.29) is 10.1 Å². The Morgan fingerprint density at radius 3 is 2.83 bits per heavy atom. The summed E-state index contributed by atoms with van der Waals surface area (Å²) in [5.74, 6) is -0.338. The van der Waals surface area contributed by atoms with Crippen LogP contribution >= 0.6 is 34.3 Å². The minimum absolute atomic E-state index is 0.159. The van der Waals surface area contributed by atoms with Gasteiger partial charge < -0.3 is 5.32 Å². The number of nitrogens with zero attached hydrogens (tertiary/aromatic N) is 2. The lowest BCUT2D eigenvalue weighted by Gasteiger charge is -2.22. The van der Waals surface area contributed by atoms with Crippen LogP contribution in [0.25, 0.3) is 11.3 Å². The summed E-state index contributed by atoms with van der Waals surface area (Å²) >= 11 is 8.35. The molecule has 0 radical (unpaired) electrons. The van der Waals surface area contributed by atoms with Crippen molar-refractivity contribution in [2.75, 3.05) is 11.9 Å². The maximum Gasteiger partial charge on any atom is 0.253 e. The molecule has 6 nitrogen and oxygen atoms in total. The van der Waals surface area contributed by atoms with Gasteiger partial charge in [0.1, 0.15) is 10.3 Å². The van der Waals surface area contributed by atoms with E-state index in [2.05, 4.69) is 16.4 Å². The topological polar surface area (TPSA) is 79.4 Å². The first-order valence-corrected chi connectivity index (χ1v) is 12.5. The minimum atomic E-state index is -3.75. The number of carbonyl (C=O) groups is 1. The Balaban J connectivity index is 1.36. The predicted molar refractivity (Wildman–Crippen MR) is 115 cm³/mol. The molecule has 2 aliphatic rings. The molecular formula is C19H16ClN3O3S3. The van der Waals surface area contributed by atoms with Crippen molar-refractivity contribution in [2.24, 2.45) is 0 Å². The maximum atomic E-state index is 13.0. The van der Waals surface area contributed by atoms with Gasteiger partial charge in [-0.05, 0) is 30.5 Å².